The summed E-state index contributed by atoms with van der Waals surface area (Å²) in [6.45, 7) is 4.68. The Balaban J connectivity index is 1.63. The van der Waals surface area contributed by atoms with Gasteiger partial charge in [0.1, 0.15) is 11.4 Å². The average Bonchev–Trinajstić information content (AvgIpc) is 2.49. The number of rotatable bonds is 3. The molecule has 2 nitrogen and oxygen atoms in total. The number of hydrogen-bond acceptors (Lipinski definition) is 2. The molecule has 1 aromatic carbocycles. The average molecular weight is 273 g/mol. The molecule has 0 spiro atoms. The van der Waals surface area contributed by atoms with Gasteiger partial charge in [-0.25, -0.2) is 0 Å². The third-order valence-corrected chi connectivity index (χ3v) is 4.83. The predicted molar refractivity (Wildman–Crippen MR) is 84.6 cm³/mol. The van der Waals surface area contributed by atoms with Crippen molar-refractivity contribution in [2.45, 2.75) is 63.9 Å². The van der Waals surface area contributed by atoms with E-state index in [4.69, 9.17) is 4.74 Å². The zero-order chi connectivity index (χ0) is 13.8. The maximum atomic E-state index is 6.27. The quantitative estimate of drug-likeness (QED) is 0.786. The fraction of sp³-hybridized carbons (Fsp3) is 0.667. The molecule has 1 heterocycles. The van der Waals surface area contributed by atoms with E-state index in [-0.39, 0.29) is 5.60 Å². The van der Waals surface area contributed by atoms with Crippen LogP contribution in [0.3, 0.4) is 0 Å². The van der Waals surface area contributed by atoms with E-state index in [0.29, 0.717) is 0 Å². The van der Waals surface area contributed by atoms with Gasteiger partial charge in [0.25, 0.3) is 0 Å². The van der Waals surface area contributed by atoms with Gasteiger partial charge < -0.3 is 9.64 Å². The molecule has 1 aromatic rings. The van der Waals surface area contributed by atoms with E-state index in [9.17, 15) is 0 Å². The highest BCUT2D eigenvalue weighted by Crippen LogP contribution is 2.33. The van der Waals surface area contributed by atoms with Crippen LogP contribution in [0, 0.1) is 0 Å². The molecule has 1 aliphatic heterocycles. The molecule has 2 aliphatic rings. The third-order valence-electron chi connectivity index (χ3n) is 4.83. The Morgan fingerprint density at radius 2 is 1.45 bits per heavy atom. The summed E-state index contributed by atoms with van der Waals surface area (Å²) < 4.78 is 6.27. The molecule has 0 bridgehead atoms. The molecule has 0 unspecified atom stereocenters. The van der Waals surface area contributed by atoms with Crippen molar-refractivity contribution >= 4 is 5.69 Å². The van der Waals surface area contributed by atoms with Crippen LogP contribution in [-0.4, -0.2) is 18.7 Å². The molecular formula is C18H27NO. The molecule has 1 aliphatic carbocycles. The minimum absolute atomic E-state index is 0.0604. The van der Waals surface area contributed by atoms with Crippen LogP contribution in [0.15, 0.2) is 24.3 Å². The van der Waals surface area contributed by atoms with Crippen molar-refractivity contribution in [1.82, 2.24) is 0 Å². The van der Waals surface area contributed by atoms with Crippen molar-refractivity contribution < 1.29 is 4.74 Å². The summed E-state index contributed by atoms with van der Waals surface area (Å²) in [6, 6.07) is 8.77. The molecule has 0 aromatic heterocycles. The van der Waals surface area contributed by atoms with Gasteiger partial charge in [-0.15, -0.1) is 0 Å². The van der Waals surface area contributed by atoms with Crippen LogP contribution >= 0.6 is 0 Å². The van der Waals surface area contributed by atoms with E-state index in [2.05, 4.69) is 36.1 Å². The molecule has 0 atom stereocenters. The van der Waals surface area contributed by atoms with E-state index in [0.717, 1.165) is 5.75 Å². The molecular weight excluding hydrogens is 246 g/mol. The highest BCUT2D eigenvalue weighted by atomic mass is 16.5. The smallest absolute Gasteiger partial charge is 0.120 e. The van der Waals surface area contributed by atoms with Crippen molar-refractivity contribution in [3.8, 4) is 5.75 Å². The van der Waals surface area contributed by atoms with E-state index >= 15 is 0 Å². The maximum absolute atomic E-state index is 6.27. The second kappa shape index (κ2) is 6.07. The summed E-state index contributed by atoms with van der Waals surface area (Å²) in [6.07, 6.45) is 10.4. The van der Waals surface area contributed by atoms with Crippen molar-refractivity contribution in [2.75, 3.05) is 18.0 Å². The molecule has 0 amide bonds. The summed E-state index contributed by atoms with van der Waals surface area (Å²) in [5, 5.41) is 0. The number of nitrogens with zero attached hydrogens (tertiary/aromatic N) is 1. The summed E-state index contributed by atoms with van der Waals surface area (Å²) in [4.78, 5) is 2.50. The minimum atomic E-state index is 0.0604. The number of benzene rings is 1. The van der Waals surface area contributed by atoms with Crippen LogP contribution in [0.1, 0.15) is 58.3 Å². The lowest BCUT2D eigenvalue weighted by Gasteiger charge is -2.34. The fourth-order valence-electron chi connectivity index (χ4n) is 3.56. The van der Waals surface area contributed by atoms with Crippen LogP contribution in [0.25, 0.3) is 0 Å². The Morgan fingerprint density at radius 1 is 0.850 bits per heavy atom. The minimum Gasteiger partial charge on any atom is -0.488 e. The lowest BCUT2D eigenvalue weighted by molar-refractivity contribution is 0.0487. The second-order valence-corrected chi connectivity index (χ2v) is 6.65. The fourth-order valence-corrected chi connectivity index (χ4v) is 3.56. The Morgan fingerprint density at radius 3 is 2.10 bits per heavy atom. The van der Waals surface area contributed by atoms with Gasteiger partial charge in [-0.1, -0.05) is 6.42 Å². The number of anilines is 1. The highest BCUT2D eigenvalue weighted by molar-refractivity contribution is 5.49. The first-order chi connectivity index (χ1) is 9.75. The van der Waals surface area contributed by atoms with Crippen molar-refractivity contribution in [2.24, 2.45) is 0 Å². The maximum Gasteiger partial charge on any atom is 0.120 e. The van der Waals surface area contributed by atoms with Gasteiger partial charge in [-0.05, 0) is 76.1 Å². The molecule has 3 rings (SSSR count). The summed E-state index contributed by atoms with van der Waals surface area (Å²) in [5.41, 5.74) is 1.41. The molecule has 110 valence electrons. The van der Waals surface area contributed by atoms with Crippen molar-refractivity contribution in [1.29, 1.82) is 0 Å². The van der Waals surface area contributed by atoms with Gasteiger partial charge in [-0.3, -0.25) is 0 Å². The molecule has 20 heavy (non-hydrogen) atoms. The van der Waals surface area contributed by atoms with Crippen LogP contribution in [0.5, 0.6) is 5.75 Å². The normalized spacial score (nSPS) is 22.6. The lowest BCUT2D eigenvalue weighted by Crippen LogP contribution is -2.34. The van der Waals surface area contributed by atoms with Crippen molar-refractivity contribution in [3.63, 3.8) is 0 Å². The molecule has 1 saturated carbocycles. The van der Waals surface area contributed by atoms with Gasteiger partial charge in [-0.2, -0.15) is 0 Å². The van der Waals surface area contributed by atoms with Crippen molar-refractivity contribution in [3.05, 3.63) is 24.3 Å². The predicted octanol–water partition coefficient (Wildman–Crippen LogP) is 4.78. The first-order valence-electron chi connectivity index (χ1n) is 8.29. The van der Waals surface area contributed by atoms with Gasteiger partial charge in [0.05, 0.1) is 0 Å². The van der Waals surface area contributed by atoms with E-state index in [1.807, 2.05) is 0 Å². The van der Waals surface area contributed by atoms with Crippen LogP contribution < -0.4 is 9.64 Å². The highest BCUT2D eigenvalue weighted by Gasteiger charge is 2.28. The van der Waals surface area contributed by atoms with Gasteiger partial charge in [0, 0.05) is 18.8 Å². The first kappa shape index (κ1) is 13.8. The topological polar surface area (TPSA) is 12.5 Å². The largest absolute Gasteiger partial charge is 0.488 e. The SMILES string of the molecule is CC1(Oc2ccc(N3CCCCC3)cc2)CCCCC1. The van der Waals surface area contributed by atoms with Gasteiger partial charge >= 0.3 is 0 Å². The molecule has 0 radical (unpaired) electrons. The van der Waals surface area contributed by atoms with E-state index < -0.39 is 0 Å². The molecule has 0 N–H and O–H groups in total. The zero-order valence-electron chi connectivity index (χ0n) is 12.7. The van der Waals surface area contributed by atoms with E-state index in [1.54, 1.807) is 0 Å². The lowest BCUT2D eigenvalue weighted by atomic mass is 9.86. The standard InChI is InChI=1S/C18H27NO/c1-18(12-4-2-5-13-18)20-17-10-8-16(9-11-17)19-14-6-3-7-15-19/h8-11H,2-7,12-15H2,1H3. The summed E-state index contributed by atoms with van der Waals surface area (Å²) in [7, 11) is 0. The monoisotopic (exact) mass is 273 g/mol. The third kappa shape index (κ3) is 3.28. The number of ether oxygens (including phenoxy) is 1. The van der Waals surface area contributed by atoms with Gasteiger partial charge in [0.2, 0.25) is 0 Å². The molecule has 1 saturated heterocycles. The van der Waals surface area contributed by atoms with Crippen LogP contribution in [0.4, 0.5) is 5.69 Å². The van der Waals surface area contributed by atoms with Gasteiger partial charge in [0.15, 0.2) is 0 Å². The Kier molecular flexibility index (Phi) is 4.18. The molecule has 2 heteroatoms. The zero-order valence-corrected chi connectivity index (χ0v) is 12.7. The number of piperidine rings is 1. The summed E-state index contributed by atoms with van der Waals surface area (Å²) in [5.74, 6) is 1.04. The summed E-state index contributed by atoms with van der Waals surface area (Å²) >= 11 is 0. The number of hydrogen-bond donors (Lipinski definition) is 0. The Hall–Kier alpha value is -1.18. The van der Waals surface area contributed by atoms with Crippen LogP contribution in [0.2, 0.25) is 0 Å². The molecule has 2 fully saturated rings. The van der Waals surface area contributed by atoms with Crippen LogP contribution in [-0.2, 0) is 0 Å². The van der Waals surface area contributed by atoms with E-state index in [1.165, 1.54) is 70.1 Å². The Labute approximate surface area is 123 Å². The first-order valence-corrected chi connectivity index (χ1v) is 8.29. The Bertz CT molecular complexity index is 414. The second-order valence-electron chi connectivity index (χ2n) is 6.65.